The number of para-hydroxylation sites is 2. The molecule has 0 saturated carbocycles. The van der Waals surface area contributed by atoms with Crippen LogP contribution in [0.25, 0.3) is 0 Å². The van der Waals surface area contributed by atoms with E-state index in [4.69, 9.17) is 5.73 Å². The lowest BCUT2D eigenvalue weighted by molar-refractivity contribution is -0.117. The van der Waals surface area contributed by atoms with Crippen LogP contribution in [-0.2, 0) is 11.2 Å². The highest BCUT2D eigenvalue weighted by molar-refractivity contribution is 9.10. The van der Waals surface area contributed by atoms with Crippen LogP contribution in [0, 0.1) is 0 Å². The van der Waals surface area contributed by atoms with E-state index in [-0.39, 0.29) is 5.91 Å². The second-order valence-corrected chi connectivity index (χ2v) is 5.23. The molecule has 0 spiro atoms. The third-order valence-corrected chi connectivity index (χ3v) is 3.47. The van der Waals surface area contributed by atoms with Crippen LogP contribution in [0.1, 0.15) is 5.56 Å². The molecule has 0 atom stereocenters. The van der Waals surface area contributed by atoms with Gasteiger partial charge in [0.15, 0.2) is 0 Å². The molecule has 4 heteroatoms. The van der Waals surface area contributed by atoms with Gasteiger partial charge in [-0.25, -0.2) is 0 Å². The molecule has 0 aliphatic rings. The molecular weight excluding hydrogens is 304 g/mol. The van der Waals surface area contributed by atoms with Gasteiger partial charge in [-0.05, 0) is 29.8 Å². The molecule has 0 saturated heterocycles. The van der Waals surface area contributed by atoms with Crippen LogP contribution < -0.4 is 10.6 Å². The van der Waals surface area contributed by atoms with E-state index in [0.29, 0.717) is 12.1 Å². The maximum atomic E-state index is 12.2. The number of halogens is 1. The molecular formula is C15H15BrN2O. The lowest BCUT2D eigenvalue weighted by atomic mass is 10.1. The topological polar surface area (TPSA) is 46.3 Å². The molecule has 0 unspecified atom stereocenters. The van der Waals surface area contributed by atoms with Gasteiger partial charge in [-0.3, -0.25) is 4.79 Å². The average Bonchev–Trinajstić information content (AvgIpc) is 2.41. The van der Waals surface area contributed by atoms with Crippen LogP contribution in [0.2, 0.25) is 0 Å². The van der Waals surface area contributed by atoms with Crippen molar-refractivity contribution in [1.29, 1.82) is 0 Å². The summed E-state index contributed by atoms with van der Waals surface area (Å²) in [6.45, 7) is 0. The number of amides is 1. The molecule has 98 valence electrons. The number of hydrogen-bond acceptors (Lipinski definition) is 2. The zero-order chi connectivity index (χ0) is 13.8. The van der Waals surface area contributed by atoms with Crippen LogP contribution in [0.4, 0.5) is 11.4 Å². The summed E-state index contributed by atoms with van der Waals surface area (Å²) in [5.41, 5.74) is 8.20. The smallest absolute Gasteiger partial charge is 0.231 e. The second kappa shape index (κ2) is 5.89. The molecule has 0 bridgehead atoms. The third-order valence-electron chi connectivity index (χ3n) is 2.94. The number of nitrogens with zero attached hydrogens (tertiary/aromatic N) is 1. The number of anilines is 2. The van der Waals surface area contributed by atoms with Crippen molar-refractivity contribution in [3.8, 4) is 0 Å². The minimum Gasteiger partial charge on any atom is -0.397 e. The molecule has 0 aromatic heterocycles. The van der Waals surface area contributed by atoms with Crippen LogP contribution in [0.15, 0.2) is 53.0 Å². The summed E-state index contributed by atoms with van der Waals surface area (Å²) < 4.78 is 1.00. The Hall–Kier alpha value is -1.81. The van der Waals surface area contributed by atoms with Gasteiger partial charge in [-0.2, -0.15) is 0 Å². The number of benzene rings is 2. The Morgan fingerprint density at radius 1 is 1.16 bits per heavy atom. The van der Waals surface area contributed by atoms with Gasteiger partial charge >= 0.3 is 0 Å². The van der Waals surface area contributed by atoms with Crippen molar-refractivity contribution in [3.63, 3.8) is 0 Å². The maximum absolute atomic E-state index is 12.2. The third kappa shape index (κ3) is 3.35. The monoisotopic (exact) mass is 318 g/mol. The van der Waals surface area contributed by atoms with Gasteiger partial charge in [0.2, 0.25) is 5.91 Å². The molecule has 2 N–H and O–H groups in total. The van der Waals surface area contributed by atoms with Gasteiger partial charge in [0.25, 0.3) is 0 Å². The van der Waals surface area contributed by atoms with Crippen LogP contribution in [0.5, 0.6) is 0 Å². The summed E-state index contributed by atoms with van der Waals surface area (Å²) in [4.78, 5) is 13.8. The first-order valence-corrected chi connectivity index (χ1v) is 6.73. The van der Waals surface area contributed by atoms with Gasteiger partial charge in [0, 0.05) is 11.5 Å². The van der Waals surface area contributed by atoms with Crippen molar-refractivity contribution in [1.82, 2.24) is 0 Å². The van der Waals surface area contributed by atoms with E-state index >= 15 is 0 Å². The Morgan fingerprint density at radius 2 is 1.79 bits per heavy atom. The number of carbonyl (C=O) groups excluding carboxylic acids is 1. The zero-order valence-electron chi connectivity index (χ0n) is 10.6. The molecule has 19 heavy (non-hydrogen) atoms. The average molecular weight is 319 g/mol. The van der Waals surface area contributed by atoms with Crippen molar-refractivity contribution < 1.29 is 4.79 Å². The van der Waals surface area contributed by atoms with E-state index < -0.39 is 0 Å². The van der Waals surface area contributed by atoms with Crippen molar-refractivity contribution in [3.05, 3.63) is 58.6 Å². The highest BCUT2D eigenvalue weighted by atomic mass is 79.9. The fourth-order valence-corrected chi connectivity index (χ4v) is 2.09. The zero-order valence-corrected chi connectivity index (χ0v) is 12.2. The largest absolute Gasteiger partial charge is 0.397 e. The van der Waals surface area contributed by atoms with E-state index in [1.54, 1.807) is 18.0 Å². The molecule has 0 fully saturated rings. The van der Waals surface area contributed by atoms with E-state index in [0.717, 1.165) is 15.7 Å². The van der Waals surface area contributed by atoms with E-state index in [2.05, 4.69) is 15.9 Å². The first kappa shape index (κ1) is 13.6. The standard InChI is InChI=1S/C15H15BrN2O/c1-18(14-5-3-2-4-13(14)17)15(19)10-11-6-8-12(16)9-7-11/h2-9H,10,17H2,1H3. The summed E-state index contributed by atoms with van der Waals surface area (Å²) in [5.74, 6) is 0.0141. The molecule has 2 aromatic rings. The quantitative estimate of drug-likeness (QED) is 0.883. The predicted molar refractivity (Wildman–Crippen MR) is 82.1 cm³/mol. The Balaban J connectivity index is 2.12. The van der Waals surface area contributed by atoms with Gasteiger partial charge in [-0.15, -0.1) is 0 Å². The first-order chi connectivity index (χ1) is 9.08. The number of nitrogen functional groups attached to an aromatic ring is 1. The summed E-state index contributed by atoms with van der Waals surface area (Å²) in [6, 6.07) is 15.1. The number of hydrogen-bond donors (Lipinski definition) is 1. The molecule has 0 aliphatic heterocycles. The van der Waals surface area contributed by atoms with E-state index in [9.17, 15) is 4.79 Å². The van der Waals surface area contributed by atoms with Gasteiger partial charge in [-0.1, -0.05) is 40.2 Å². The molecule has 1 amide bonds. The van der Waals surface area contributed by atoms with Crippen molar-refractivity contribution in [2.75, 3.05) is 17.7 Å². The summed E-state index contributed by atoms with van der Waals surface area (Å²) in [7, 11) is 1.74. The molecule has 2 aromatic carbocycles. The van der Waals surface area contributed by atoms with Crippen molar-refractivity contribution in [2.45, 2.75) is 6.42 Å². The van der Waals surface area contributed by atoms with Gasteiger partial charge in [0.05, 0.1) is 17.8 Å². The Morgan fingerprint density at radius 3 is 2.42 bits per heavy atom. The van der Waals surface area contributed by atoms with Gasteiger partial charge in [0.1, 0.15) is 0 Å². The number of nitrogens with two attached hydrogens (primary N) is 1. The molecule has 0 radical (unpaired) electrons. The second-order valence-electron chi connectivity index (χ2n) is 4.31. The summed E-state index contributed by atoms with van der Waals surface area (Å²) >= 11 is 3.37. The molecule has 0 heterocycles. The highest BCUT2D eigenvalue weighted by Crippen LogP contribution is 2.22. The van der Waals surface area contributed by atoms with Crippen molar-refractivity contribution in [2.24, 2.45) is 0 Å². The predicted octanol–water partition coefficient (Wildman–Crippen LogP) is 3.24. The minimum atomic E-state index is 0.0141. The first-order valence-electron chi connectivity index (χ1n) is 5.93. The lowest BCUT2D eigenvalue weighted by Gasteiger charge is -2.19. The Kier molecular flexibility index (Phi) is 4.22. The van der Waals surface area contributed by atoms with Crippen LogP contribution in [-0.4, -0.2) is 13.0 Å². The highest BCUT2D eigenvalue weighted by Gasteiger charge is 2.13. The van der Waals surface area contributed by atoms with Crippen LogP contribution in [0.3, 0.4) is 0 Å². The number of rotatable bonds is 3. The summed E-state index contributed by atoms with van der Waals surface area (Å²) in [6.07, 6.45) is 0.359. The fraction of sp³-hybridized carbons (Fsp3) is 0.133. The Labute approximate surface area is 121 Å². The molecule has 2 rings (SSSR count). The Bertz CT molecular complexity index is 581. The molecule has 0 aliphatic carbocycles. The molecule has 3 nitrogen and oxygen atoms in total. The van der Waals surface area contributed by atoms with Crippen LogP contribution >= 0.6 is 15.9 Å². The maximum Gasteiger partial charge on any atom is 0.231 e. The SMILES string of the molecule is CN(C(=O)Cc1ccc(Br)cc1)c1ccccc1N. The van der Waals surface area contributed by atoms with E-state index in [1.807, 2.05) is 42.5 Å². The van der Waals surface area contributed by atoms with Gasteiger partial charge < -0.3 is 10.6 Å². The number of carbonyl (C=O) groups is 1. The normalized spacial score (nSPS) is 10.2. The fourth-order valence-electron chi connectivity index (χ4n) is 1.82. The van der Waals surface area contributed by atoms with Crippen molar-refractivity contribution >= 4 is 33.2 Å². The number of likely N-dealkylation sites (N-methyl/N-ethyl adjacent to an activating group) is 1. The van der Waals surface area contributed by atoms with E-state index in [1.165, 1.54) is 0 Å². The minimum absolute atomic E-state index is 0.0141. The lowest BCUT2D eigenvalue weighted by Crippen LogP contribution is -2.28. The summed E-state index contributed by atoms with van der Waals surface area (Å²) in [5, 5.41) is 0.